The van der Waals surface area contributed by atoms with E-state index in [2.05, 4.69) is 15.3 Å². The van der Waals surface area contributed by atoms with Gasteiger partial charge >= 0.3 is 6.03 Å². The number of carbonyl (C=O) groups excluding carboxylic acids is 1. The number of hydrogen-bond donors (Lipinski definition) is 2. The van der Waals surface area contributed by atoms with Crippen LogP contribution in [-0.4, -0.2) is 24.4 Å². The standard InChI is InChI=1S/C30H24F2N4O3S/c1-19-5-2-3-7-28(19)40(38,39)36-30(37)35-27(15-20-13-24(31)17-25(32)14-20)29-26(6-4-11-34-29)22-9-8-21-10-12-33-18-23(21)16-22/h2-14,16-18,27H,15H2,1H3,(H2,35,36,37)/t27-/m0/s1. The molecule has 0 saturated carbocycles. The maximum atomic E-state index is 14.0. The van der Waals surface area contributed by atoms with Crippen LogP contribution in [0.1, 0.15) is 22.9 Å². The van der Waals surface area contributed by atoms with Crippen LogP contribution in [0, 0.1) is 18.6 Å². The molecule has 2 heterocycles. The summed E-state index contributed by atoms with van der Waals surface area (Å²) in [5.74, 6) is -1.55. The second kappa shape index (κ2) is 11.2. The molecule has 0 aliphatic heterocycles. The van der Waals surface area contributed by atoms with Crippen molar-refractivity contribution in [1.29, 1.82) is 0 Å². The van der Waals surface area contributed by atoms with Crippen molar-refractivity contribution >= 4 is 26.8 Å². The summed E-state index contributed by atoms with van der Waals surface area (Å²) >= 11 is 0. The molecule has 7 nitrogen and oxygen atoms in total. The number of carbonyl (C=O) groups is 1. The molecule has 0 aliphatic rings. The Balaban J connectivity index is 1.53. The van der Waals surface area contributed by atoms with E-state index in [1.54, 1.807) is 43.6 Å². The Bertz CT molecular complexity index is 1810. The first-order valence-corrected chi connectivity index (χ1v) is 13.8. The van der Waals surface area contributed by atoms with Crippen molar-refractivity contribution in [3.63, 3.8) is 0 Å². The first kappa shape index (κ1) is 26.9. The number of sulfonamides is 1. The Morgan fingerprint density at radius 1 is 0.900 bits per heavy atom. The van der Waals surface area contributed by atoms with E-state index in [0.717, 1.165) is 34.5 Å². The van der Waals surface area contributed by atoms with Gasteiger partial charge in [0.05, 0.1) is 16.6 Å². The number of nitrogens with one attached hydrogen (secondary N) is 2. The van der Waals surface area contributed by atoms with Gasteiger partial charge in [0.1, 0.15) is 11.6 Å². The molecule has 0 unspecified atom stereocenters. The van der Waals surface area contributed by atoms with Crippen molar-refractivity contribution in [2.45, 2.75) is 24.3 Å². The van der Waals surface area contributed by atoms with E-state index < -0.39 is 33.7 Å². The van der Waals surface area contributed by atoms with Gasteiger partial charge in [0.25, 0.3) is 10.0 Å². The Hall–Kier alpha value is -4.70. The van der Waals surface area contributed by atoms with Gasteiger partial charge in [0.15, 0.2) is 0 Å². The zero-order valence-corrected chi connectivity index (χ0v) is 22.1. The molecular formula is C30H24F2N4O3S. The van der Waals surface area contributed by atoms with Crippen molar-refractivity contribution in [3.05, 3.63) is 126 Å². The average Bonchev–Trinajstić information content (AvgIpc) is 2.92. The second-order valence-electron chi connectivity index (χ2n) is 9.25. The number of halogens is 2. The van der Waals surface area contributed by atoms with Crippen LogP contribution in [0.15, 0.2) is 102 Å². The van der Waals surface area contributed by atoms with Gasteiger partial charge in [0, 0.05) is 35.6 Å². The zero-order chi connectivity index (χ0) is 28.3. The van der Waals surface area contributed by atoms with Crippen LogP contribution in [0.4, 0.5) is 13.6 Å². The average molecular weight is 559 g/mol. The highest BCUT2D eigenvalue weighted by Crippen LogP contribution is 2.31. The topological polar surface area (TPSA) is 101 Å². The Morgan fingerprint density at radius 2 is 1.68 bits per heavy atom. The van der Waals surface area contributed by atoms with Gasteiger partial charge in [-0.1, -0.05) is 36.4 Å². The van der Waals surface area contributed by atoms with Crippen molar-refractivity contribution in [2.75, 3.05) is 0 Å². The summed E-state index contributed by atoms with van der Waals surface area (Å²) < 4.78 is 56.0. The highest BCUT2D eigenvalue weighted by molar-refractivity contribution is 7.90. The molecule has 2 amide bonds. The van der Waals surface area contributed by atoms with E-state index in [4.69, 9.17) is 0 Å². The highest BCUT2D eigenvalue weighted by Gasteiger charge is 2.25. The first-order chi connectivity index (χ1) is 19.2. The predicted molar refractivity (Wildman–Crippen MR) is 148 cm³/mol. The minimum Gasteiger partial charge on any atom is -0.329 e. The van der Waals surface area contributed by atoms with Gasteiger partial charge in [-0.3, -0.25) is 9.97 Å². The molecule has 202 valence electrons. The monoisotopic (exact) mass is 558 g/mol. The van der Waals surface area contributed by atoms with Crippen LogP contribution in [0.5, 0.6) is 0 Å². The molecule has 0 saturated heterocycles. The Labute approximate surface area is 230 Å². The molecule has 0 aliphatic carbocycles. The molecule has 1 atom stereocenters. The lowest BCUT2D eigenvalue weighted by atomic mass is 9.94. The summed E-state index contributed by atoms with van der Waals surface area (Å²) in [7, 11) is -4.20. The number of pyridine rings is 2. The molecule has 10 heteroatoms. The molecule has 0 bridgehead atoms. The third kappa shape index (κ3) is 5.97. The van der Waals surface area contributed by atoms with Gasteiger partial charge in [-0.05, 0) is 71.8 Å². The van der Waals surface area contributed by atoms with Crippen molar-refractivity contribution in [1.82, 2.24) is 20.0 Å². The molecule has 2 N–H and O–H groups in total. The molecule has 0 spiro atoms. The fourth-order valence-corrected chi connectivity index (χ4v) is 5.76. The molecule has 2 aromatic heterocycles. The maximum absolute atomic E-state index is 14.0. The number of urea groups is 1. The van der Waals surface area contributed by atoms with Crippen molar-refractivity contribution in [3.8, 4) is 11.1 Å². The van der Waals surface area contributed by atoms with E-state index in [0.29, 0.717) is 16.8 Å². The van der Waals surface area contributed by atoms with E-state index in [1.165, 1.54) is 12.3 Å². The van der Waals surface area contributed by atoms with E-state index in [1.807, 2.05) is 35.1 Å². The van der Waals surface area contributed by atoms with Crippen LogP contribution >= 0.6 is 0 Å². The summed E-state index contributed by atoms with van der Waals surface area (Å²) in [4.78, 5) is 21.7. The lowest BCUT2D eigenvalue weighted by Gasteiger charge is -2.22. The third-order valence-electron chi connectivity index (χ3n) is 6.40. The minimum absolute atomic E-state index is 0.0443. The number of aryl methyl sites for hydroxylation is 1. The fraction of sp³-hybridized carbons (Fsp3) is 0.100. The smallest absolute Gasteiger partial charge is 0.329 e. The number of hydrogen-bond acceptors (Lipinski definition) is 5. The largest absolute Gasteiger partial charge is 0.329 e. The second-order valence-corrected chi connectivity index (χ2v) is 10.9. The molecule has 3 aromatic carbocycles. The summed E-state index contributed by atoms with van der Waals surface area (Å²) in [5, 5.41) is 4.53. The molecule has 0 radical (unpaired) electrons. The fourth-order valence-electron chi connectivity index (χ4n) is 4.60. The number of amides is 2. The highest BCUT2D eigenvalue weighted by atomic mass is 32.2. The van der Waals surface area contributed by atoms with Gasteiger partial charge in [0.2, 0.25) is 0 Å². The zero-order valence-electron chi connectivity index (χ0n) is 21.3. The normalized spacial score (nSPS) is 12.2. The van der Waals surface area contributed by atoms with Gasteiger partial charge in [-0.2, -0.15) is 0 Å². The minimum atomic E-state index is -4.20. The number of benzene rings is 3. The van der Waals surface area contributed by atoms with Crippen molar-refractivity contribution < 1.29 is 22.0 Å². The third-order valence-corrected chi connectivity index (χ3v) is 7.89. The number of fused-ring (bicyclic) bond motifs is 1. The van der Waals surface area contributed by atoms with Crippen LogP contribution in [0.25, 0.3) is 21.9 Å². The predicted octanol–water partition coefficient (Wildman–Crippen LogP) is 5.86. The van der Waals surface area contributed by atoms with Crippen LogP contribution < -0.4 is 10.0 Å². The van der Waals surface area contributed by atoms with Gasteiger partial charge in [-0.15, -0.1) is 0 Å². The molecule has 5 aromatic rings. The van der Waals surface area contributed by atoms with E-state index >= 15 is 0 Å². The summed E-state index contributed by atoms with van der Waals surface area (Å²) in [6.07, 6.45) is 4.89. The maximum Gasteiger partial charge on any atom is 0.329 e. The Kier molecular flexibility index (Phi) is 7.52. The lowest BCUT2D eigenvalue weighted by molar-refractivity contribution is 0.242. The molecule has 40 heavy (non-hydrogen) atoms. The SMILES string of the molecule is Cc1ccccc1S(=O)(=O)NC(=O)N[C@@H](Cc1cc(F)cc(F)c1)c1ncccc1-c1ccc2ccncc2c1. The summed E-state index contributed by atoms with van der Waals surface area (Å²) in [6.45, 7) is 1.62. The molecule has 0 fully saturated rings. The van der Waals surface area contributed by atoms with Gasteiger partial charge < -0.3 is 5.32 Å². The lowest BCUT2D eigenvalue weighted by Crippen LogP contribution is -2.42. The molecule has 5 rings (SSSR count). The van der Waals surface area contributed by atoms with Crippen molar-refractivity contribution in [2.24, 2.45) is 0 Å². The number of nitrogens with zero attached hydrogens (tertiary/aromatic N) is 2. The van der Waals surface area contributed by atoms with E-state index in [-0.39, 0.29) is 16.9 Å². The quantitative estimate of drug-likeness (QED) is 0.261. The molecular weight excluding hydrogens is 534 g/mol. The van der Waals surface area contributed by atoms with E-state index in [9.17, 15) is 22.0 Å². The van der Waals surface area contributed by atoms with Gasteiger partial charge in [-0.25, -0.2) is 26.7 Å². The number of aromatic nitrogens is 2. The Morgan fingerprint density at radius 3 is 2.45 bits per heavy atom. The van der Waals surface area contributed by atoms with Crippen LogP contribution in [0.2, 0.25) is 0 Å². The van der Waals surface area contributed by atoms with Crippen LogP contribution in [0.3, 0.4) is 0 Å². The number of rotatable bonds is 7. The summed E-state index contributed by atoms with van der Waals surface area (Å²) in [5.41, 5.74) is 2.53. The van der Waals surface area contributed by atoms with Crippen LogP contribution in [-0.2, 0) is 16.4 Å². The first-order valence-electron chi connectivity index (χ1n) is 12.3. The summed E-state index contributed by atoms with van der Waals surface area (Å²) in [6, 6.07) is 18.5.